The molecule has 28 heavy (non-hydrogen) atoms. The van der Waals surface area contributed by atoms with Gasteiger partial charge in [0.05, 0.1) is 6.61 Å². The number of carbonyl (C=O) groups is 3. The molecule has 0 unspecified atom stereocenters. The molecule has 0 saturated carbocycles. The number of methoxy groups -OCH3 is 1. The highest BCUT2D eigenvalue weighted by atomic mass is 16.5. The Balaban J connectivity index is 0.000000362. The predicted molar refractivity (Wildman–Crippen MR) is 107 cm³/mol. The molecule has 0 saturated heterocycles. The quantitative estimate of drug-likeness (QED) is 0.571. The van der Waals surface area contributed by atoms with E-state index in [1.807, 2.05) is 58.0 Å². The molecule has 0 heterocycles. The molecule has 6 heteroatoms. The maximum absolute atomic E-state index is 12.0. The summed E-state index contributed by atoms with van der Waals surface area (Å²) in [7, 11) is 1.70. The molecule has 1 aromatic rings. The molecule has 1 aromatic carbocycles. The highest BCUT2D eigenvalue weighted by Crippen LogP contribution is 2.34. The van der Waals surface area contributed by atoms with Gasteiger partial charge in [0.25, 0.3) is 0 Å². The van der Waals surface area contributed by atoms with Crippen LogP contribution in [-0.2, 0) is 30.5 Å². The molecule has 0 spiro atoms. The number of nitrogens with one attached hydrogen (secondary N) is 1. The van der Waals surface area contributed by atoms with Crippen LogP contribution in [0.1, 0.15) is 46.1 Å². The van der Waals surface area contributed by atoms with Crippen LogP contribution >= 0.6 is 0 Å². The fourth-order valence-electron chi connectivity index (χ4n) is 2.89. The predicted octanol–water partition coefficient (Wildman–Crippen LogP) is 3.41. The smallest absolute Gasteiger partial charge is 0.333 e. The Bertz CT molecular complexity index is 679. The minimum Gasteiger partial charge on any atom is -0.429 e. The van der Waals surface area contributed by atoms with Crippen LogP contribution in [0.5, 0.6) is 0 Å². The van der Waals surface area contributed by atoms with Crippen LogP contribution < -0.4 is 5.32 Å². The van der Waals surface area contributed by atoms with Crippen LogP contribution in [0.25, 0.3) is 0 Å². The average molecular weight is 389 g/mol. The molecule has 1 aliphatic carbocycles. The number of carbonyl (C=O) groups excluding carboxylic acids is 3. The third-order valence-corrected chi connectivity index (χ3v) is 4.18. The number of hydrogen-bond acceptors (Lipinski definition) is 5. The lowest BCUT2D eigenvalue weighted by atomic mass is 9.79. The van der Waals surface area contributed by atoms with E-state index < -0.39 is 12.0 Å². The average Bonchev–Trinajstić information content (AvgIpc) is 2.59. The van der Waals surface area contributed by atoms with Crippen molar-refractivity contribution in [2.45, 2.75) is 53.2 Å². The van der Waals surface area contributed by atoms with E-state index >= 15 is 0 Å². The van der Waals surface area contributed by atoms with E-state index in [1.54, 1.807) is 7.11 Å². The van der Waals surface area contributed by atoms with Crippen molar-refractivity contribution in [3.05, 3.63) is 47.7 Å². The lowest BCUT2D eigenvalue weighted by Crippen LogP contribution is -2.41. The van der Waals surface area contributed by atoms with E-state index in [0.29, 0.717) is 31.6 Å². The second-order valence-electron chi connectivity index (χ2n) is 7.94. The maximum Gasteiger partial charge on any atom is 0.333 e. The highest BCUT2D eigenvalue weighted by molar-refractivity contribution is 5.92. The fourth-order valence-corrected chi connectivity index (χ4v) is 2.89. The van der Waals surface area contributed by atoms with E-state index in [0.717, 1.165) is 0 Å². The monoisotopic (exact) mass is 389 g/mol. The van der Waals surface area contributed by atoms with Crippen LogP contribution in [0.15, 0.2) is 42.2 Å². The standard InChI is InChI=1S/C14H21NO4.C8H10O/c1-9(2)12(15-8-16)13(18)19-11-5-10(17)6-14(3,4)7-11;1-9-7-8-5-3-2-4-6-8/h5,8-9,12H,6-7H2,1-4H3,(H,15,16);2-6H,7H2,1H3/t12-;/m0./s1. The third kappa shape index (κ3) is 8.48. The minimum atomic E-state index is -0.696. The van der Waals surface area contributed by atoms with Gasteiger partial charge in [-0.2, -0.15) is 0 Å². The van der Waals surface area contributed by atoms with E-state index in [-0.39, 0.29) is 17.1 Å². The molecular weight excluding hydrogens is 358 g/mol. The van der Waals surface area contributed by atoms with Gasteiger partial charge in [-0.25, -0.2) is 4.79 Å². The molecule has 1 amide bonds. The van der Waals surface area contributed by atoms with Gasteiger partial charge >= 0.3 is 5.97 Å². The van der Waals surface area contributed by atoms with Crippen molar-refractivity contribution in [2.75, 3.05) is 7.11 Å². The van der Waals surface area contributed by atoms with Crippen molar-refractivity contribution in [1.82, 2.24) is 5.32 Å². The van der Waals surface area contributed by atoms with Crippen LogP contribution in [0.4, 0.5) is 0 Å². The number of ether oxygens (including phenoxy) is 2. The third-order valence-electron chi connectivity index (χ3n) is 4.18. The van der Waals surface area contributed by atoms with Gasteiger partial charge in [0.15, 0.2) is 5.78 Å². The summed E-state index contributed by atoms with van der Waals surface area (Å²) in [6, 6.07) is 9.41. The summed E-state index contributed by atoms with van der Waals surface area (Å²) in [5.41, 5.74) is 1.02. The summed E-state index contributed by atoms with van der Waals surface area (Å²) < 4.78 is 10.2. The Morgan fingerprint density at radius 2 is 1.86 bits per heavy atom. The summed E-state index contributed by atoms with van der Waals surface area (Å²) in [4.78, 5) is 34.0. The zero-order valence-electron chi connectivity index (χ0n) is 17.4. The Morgan fingerprint density at radius 3 is 2.36 bits per heavy atom. The first-order chi connectivity index (χ1) is 13.2. The zero-order valence-corrected chi connectivity index (χ0v) is 17.4. The highest BCUT2D eigenvalue weighted by Gasteiger charge is 2.31. The minimum absolute atomic E-state index is 0.0384. The number of allylic oxidation sites excluding steroid dienone is 2. The molecular formula is C22H31NO5. The molecule has 154 valence electrons. The molecule has 2 rings (SSSR count). The van der Waals surface area contributed by atoms with Crippen molar-refractivity contribution in [3.8, 4) is 0 Å². The number of rotatable bonds is 7. The second kappa shape index (κ2) is 11.4. The molecule has 0 fully saturated rings. The summed E-state index contributed by atoms with van der Waals surface area (Å²) in [5, 5.41) is 2.44. The summed E-state index contributed by atoms with van der Waals surface area (Å²) in [6.07, 6.45) is 2.85. The van der Waals surface area contributed by atoms with E-state index in [4.69, 9.17) is 9.47 Å². The van der Waals surface area contributed by atoms with Crippen molar-refractivity contribution in [2.24, 2.45) is 11.3 Å². The SMILES string of the molecule is CC(C)[C@H](NC=O)C(=O)OC1=CC(=O)CC(C)(C)C1.COCc1ccccc1. The van der Waals surface area contributed by atoms with Crippen LogP contribution in [0.2, 0.25) is 0 Å². The van der Waals surface area contributed by atoms with Crippen LogP contribution in [-0.4, -0.2) is 31.3 Å². The first kappa shape index (κ1) is 23.6. The largest absolute Gasteiger partial charge is 0.429 e. The molecule has 1 aliphatic rings. The van der Waals surface area contributed by atoms with Crippen molar-refractivity contribution < 1.29 is 23.9 Å². The van der Waals surface area contributed by atoms with Gasteiger partial charge in [0.2, 0.25) is 6.41 Å². The van der Waals surface area contributed by atoms with E-state index in [1.165, 1.54) is 11.6 Å². The van der Waals surface area contributed by atoms with Crippen molar-refractivity contribution in [3.63, 3.8) is 0 Å². The zero-order chi connectivity index (χ0) is 21.2. The molecule has 0 aromatic heterocycles. The maximum atomic E-state index is 12.0. The number of hydrogen-bond donors (Lipinski definition) is 1. The van der Waals surface area contributed by atoms with Crippen LogP contribution in [0.3, 0.4) is 0 Å². The van der Waals surface area contributed by atoms with Gasteiger partial charge in [-0.1, -0.05) is 58.0 Å². The summed E-state index contributed by atoms with van der Waals surface area (Å²) in [5.74, 6) is -0.266. The Morgan fingerprint density at radius 1 is 1.21 bits per heavy atom. The van der Waals surface area contributed by atoms with Crippen LogP contribution in [0, 0.1) is 11.3 Å². The summed E-state index contributed by atoms with van der Waals surface area (Å²) in [6.45, 7) is 8.24. The molecule has 1 N–H and O–H groups in total. The number of ketones is 1. The normalized spacial score (nSPS) is 16.4. The lowest BCUT2D eigenvalue weighted by Gasteiger charge is -2.29. The van der Waals surface area contributed by atoms with Crippen molar-refractivity contribution >= 4 is 18.2 Å². The number of amides is 1. The molecule has 1 atom stereocenters. The van der Waals surface area contributed by atoms with Gasteiger partial charge in [-0.3, -0.25) is 9.59 Å². The van der Waals surface area contributed by atoms with Gasteiger partial charge < -0.3 is 14.8 Å². The molecule has 0 bridgehead atoms. The second-order valence-corrected chi connectivity index (χ2v) is 7.94. The molecule has 6 nitrogen and oxygen atoms in total. The first-order valence-electron chi connectivity index (χ1n) is 9.36. The van der Waals surface area contributed by atoms with E-state index in [9.17, 15) is 14.4 Å². The molecule has 0 radical (unpaired) electrons. The lowest BCUT2D eigenvalue weighted by molar-refractivity contribution is -0.145. The number of benzene rings is 1. The van der Waals surface area contributed by atoms with Gasteiger partial charge in [-0.15, -0.1) is 0 Å². The van der Waals surface area contributed by atoms with Gasteiger partial charge in [0.1, 0.15) is 11.8 Å². The first-order valence-corrected chi connectivity index (χ1v) is 9.36. The van der Waals surface area contributed by atoms with Gasteiger partial charge in [-0.05, 0) is 16.9 Å². The van der Waals surface area contributed by atoms with Gasteiger partial charge in [0, 0.05) is 26.0 Å². The Labute approximate surface area is 167 Å². The Kier molecular flexibility index (Phi) is 9.59. The fraction of sp³-hybridized carbons (Fsp3) is 0.500. The van der Waals surface area contributed by atoms with Crippen molar-refractivity contribution in [1.29, 1.82) is 0 Å². The topological polar surface area (TPSA) is 81.7 Å². The molecule has 0 aliphatic heterocycles. The number of esters is 1. The van der Waals surface area contributed by atoms with E-state index in [2.05, 4.69) is 5.32 Å². The Hall–Kier alpha value is -2.47. The summed E-state index contributed by atoms with van der Waals surface area (Å²) >= 11 is 0.